The number of nitrogens with two attached hydrogens (primary N) is 1. The second-order valence-electron chi connectivity index (χ2n) is 5.15. The Labute approximate surface area is 118 Å². The molecule has 0 aliphatic carbocycles. The molecule has 1 unspecified atom stereocenters. The highest BCUT2D eigenvalue weighted by molar-refractivity contribution is 5.82. The third kappa shape index (κ3) is 2.28. The van der Waals surface area contributed by atoms with Crippen LogP contribution in [0.5, 0.6) is 0 Å². The molecule has 0 saturated heterocycles. The van der Waals surface area contributed by atoms with Crippen molar-refractivity contribution in [1.82, 2.24) is 9.97 Å². The van der Waals surface area contributed by atoms with E-state index in [-0.39, 0.29) is 6.04 Å². The van der Waals surface area contributed by atoms with Gasteiger partial charge in [-0.05, 0) is 42.7 Å². The SMILES string of the molecule is Cc1cncc(C(N)c2cc(C)c3ccccc3n2)c1. The normalized spacial score (nSPS) is 12.6. The van der Waals surface area contributed by atoms with Crippen molar-refractivity contribution in [2.24, 2.45) is 5.73 Å². The van der Waals surface area contributed by atoms with Crippen LogP contribution in [0.15, 0.2) is 48.8 Å². The molecule has 100 valence electrons. The molecular formula is C17H17N3. The molecule has 2 heterocycles. The summed E-state index contributed by atoms with van der Waals surface area (Å²) in [5.41, 5.74) is 11.5. The lowest BCUT2D eigenvalue weighted by molar-refractivity contribution is 0.826. The maximum Gasteiger partial charge on any atom is 0.0741 e. The van der Waals surface area contributed by atoms with E-state index in [9.17, 15) is 0 Å². The summed E-state index contributed by atoms with van der Waals surface area (Å²) in [6.07, 6.45) is 3.64. The van der Waals surface area contributed by atoms with Crippen LogP contribution in [-0.4, -0.2) is 9.97 Å². The van der Waals surface area contributed by atoms with Crippen molar-refractivity contribution in [1.29, 1.82) is 0 Å². The van der Waals surface area contributed by atoms with Crippen molar-refractivity contribution in [3.8, 4) is 0 Å². The number of hydrogen-bond donors (Lipinski definition) is 1. The van der Waals surface area contributed by atoms with Crippen LogP contribution >= 0.6 is 0 Å². The van der Waals surface area contributed by atoms with E-state index in [0.29, 0.717) is 0 Å². The highest BCUT2D eigenvalue weighted by Crippen LogP contribution is 2.23. The Kier molecular flexibility index (Phi) is 3.20. The lowest BCUT2D eigenvalue weighted by Crippen LogP contribution is -2.14. The minimum absolute atomic E-state index is 0.245. The fourth-order valence-corrected chi connectivity index (χ4v) is 2.45. The van der Waals surface area contributed by atoms with Gasteiger partial charge in [0.05, 0.1) is 17.3 Å². The van der Waals surface area contributed by atoms with Gasteiger partial charge in [0.1, 0.15) is 0 Å². The lowest BCUT2D eigenvalue weighted by Gasteiger charge is -2.14. The Bertz CT molecular complexity index is 765. The minimum Gasteiger partial charge on any atom is -0.319 e. The van der Waals surface area contributed by atoms with E-state index in [2.05, 4.69) is 35.1 Å². The highest BCUT2D eigenvalue weighted by Gasteiger charge is 2.13. The number of pyridine rings is 2. The average molecular weight is 263 g/mol. The van der Waals surface area contributed by atoms with Gasteiger partial charge in [-0.3, -0.25) is 9.97 Å². The molecule has 3 nitrogen and oxygen atoms in total. The zero-order chi connectivity index (χ0) is 14.1. The summed E-state index contributed by atoms with van der Waals surface area (Å²) in [6.45, 7) is 4.11. The Morgan fingerprint density at radius 1 is 1.05 bits per heavy atom. The van der Waals surface area contributed by atoms with Gasteiger partial charge < -0.3 is 5.73 Å². The first-order valence-electron chi connectivity index (χ1n) is 6.68. The zero-order valence-electron chi connectivity index (χ0n) is 11.7. The standard InChI is InChI=1S/C17H17N3/c1-11-7-13(10-19-9-11)17(18)16-8-12(2)14-5-3-4-6-15(14)20-16/h3-10,17H,18H2,1-2H3. The molecule has 0 radical (unpaired) electrons. The molecule has 0 aliphatic heterocycles. The van der Waals surface area contributed by atoms with E-state index in [1.807, 2.05) is 37.5 Å². The van der Waals surface area contributed by atoms with Gasteiger partial charge in [-0.2, -0.15) is 0 Å². The summed E-state index contributed by atoms with van der Waals surface area (Å²) in [5.74, 6) is 0. The van der Waals surface area contributed by atoms with E-state index in [0.717, 1.165) is 22.3 Å². The van der Waals surface area contributed by atoms with Gasteiger partial charge in [0.2, 0.25) is 0 Å². The summed E-state index contributed by atoms with van der Waals surface area (Å²) in [7, 11) is 0. The smallest absolute Gasteiger partial charge is 0.0741 e. The fraction of sp³-hybridized carbons (Fsp3) is 0.176. The minimum atomic E-state index is -0.245. The molecule has 3 heteroatoms. The van der Waals surface area contributed by atoms with E-state index < -0.39 is 0 Å². The van der Waals surface area contributed by atoms with Crippen LogP contribution in [0.3, 0.4) is 0 Å². The monoisotopic (exact) mass is 263 g/mol. The molecule has 0 fully saturated rings. The van der Waals surface area contributed by atoms with Crippen molar-refractivity contribution < 1.29 is 0 Å². The van der Waals surface area contributed by atoms with E-state index in [1.165, 1.54) is 10.9 Å². The number of benzene rings is 1. The molecule has 0 saturated carbocycles. The number of nitrogens with zero attached hydrogens (tertiary/aromatic N) is 2. The molecule has 3 aromatic rings. The summed E-state index contributed by atoms with van der Waals surface area (Å²) in [6, 6.07) is 12.0. The van der Waals surface area contributed by atoms with Crippen LogP contribution in [0.4, 0.5) is 0 Å². The van der Waals surface area contributed by atoms with Crippen molar-refractivity contribution in [2.75, 3.05) is 0 Å². The van der Waals surface area contributed by atoms with E-state index >= 15 is 0 Å². The second kappa shape index (κ2) is 5.02. The van der Waals surface area contributed by atoms with E-state index in [4.69, 9.17) is 5.73 Å². The number of aromatic nitrogens is 2. The van der Waals surface area contributed by atoms with Gasteiger partial charge in [-0.25, -0.2) is 0 Å². The Morgan fingerprint density at radius 2 is 1.85 bits per heavy atom. The average Bonchev–Trinajstić information content (AvgIpc) is 2.46. The van der Waals surface area contributed by atoms with Crippen molar-refractivity contribution >= 4 is 10.9 Å². The third-order valence-electron chi connectivity index (χ3n) is 3.52. The maximum absolute atomic E-state index is 6.34. The Balaban J connectivity index is 2.10. The third-order valence-corrected chi connectivity index (χ3v) is 3.52. The first-order chi connectivity index (χ1) is 9.65. The quantitative estimate of drug-likeness (QED) is 0.771. The Hall–Kier alpha value is -2.26. The molecule has 1 aromatic carbocycles. The number of aryl methyl sites for hydroxylation is 2. The highest BCUT2D eigenvalue weighted by atomic mass is 14.8. The summed E-state index contributed by atoms with van der Waals surface area (Å²) < 4.78 is 0. The van der Waals surface area contributed by atoms with Gasteiger partial charge in [-0.1, -0.05) is 24.3 Å². The molecule has 0 amide bonds. The van der Waals surface area contributed by atoms with Crippen LogP contribution in [0.1, 0.15) is 28.4 Å². The number of rotatable bonds is 2. The summed E-state index contributed by atoms with van der Waals surface area (Å²) in [5, 5.41) is 1.17. The van der Waals surface area contributed by atoms with Crippen LogP contribution in [0, 0.1) is 13.8 Å². The first kappa shape index (κ1) is 12.8. The number of hydrogen-bond acceptors (Lipinski definition) is 3. The van der Waals surface area contributed by atoms with Gasteiger partial charge in [-0.15, -0.1) is 0 Å². The van der Waals surface area contributed by atoms with Gasteiger partial charge >= 0.3 is 0 Å². The van der Waals surface area contributed by atoms with Crippen molar-refractivity contribution in [2.45, 2.75) is 19.9 Å². The molecule has 1 atom stereocenters. The van der Waals surface area contributed by atoms with Crippen LogP contribution in [-0.2, 0) is 0 Å². The maximum atomic E-state index is 6.34. The molecule has 3 rings (SSSR count). The fourth-order valence-electron chi connectivity index (χ4n) is 2.45. The van der Waals surface area contributed by atoms with Crippen LogP contribution in [0.25, 0.3) is 10.9 Å². The number of fused-ring (bicyclic) bond motifs is 1. The van der Waals surface area contributed by atoms with Gasteiger partial charge in [0.15, 0.2) is 0 Å². The second-order valence-corrected chi connectivity index (χ2v) is 5.15. The van der Waals surface area contributed by atoms with Crippen LogP contribution < -0.4 is 5.73 Å². The predicted molar refractivity (Wildman–Crippen MR) is 81.5 cm³/mol. The zero-order valence-corrected chi connectivity index (χ0v) is 11.7. The molecule has 0 spiro atoms. The predicted octanol–water partition coefficient (Wildman–Crippen LogP) is 3.29. The number of para-hydroxylation sites is 1. The molecule has 2 N–H and O–H groups in total. The summed E-state index contributed by atoms with van der Waals surface area (Å²) >= 11 is 0. The first-order valence-corrected chi connectivity index (χ1v) is 6.68. The van der Waals surface area contributed by atoms with Gasteiger partial charge in [0.25, 0.3) is 0 Å². The lowest BCUT2D eigenvalue weighted by atomic mass is 10.0. The Morgan fingerprint density at radius 3 is 2.65 bits per heavy atom. The molecule has 0 aliphatic rings. The van der Waals surface area contributed by atoms with Crippen molar-refractivity contribution in [3.05, 3.63) is 71.2 Å². The molecule has 20 heavy (non-hydrogen) atoms. The largest absolute Gasteiger partial charge is 0.319 e. The van der Waals surface area contributed by atoms with Crippen molar-refractivity contribution in [3.63, 3.8) is 0 Å². The topological polar surface area (TPSA) is 51.8 Å². The molecule has 2 aromatic heterocycles. The van der Waals surface area contributed by atoms with Gasteiger partial charge in [0, 0.05) is 17.8 Å². The summed E-state index contributed by atoms with van der Waals surface area (Å²) in [4.78, 5) is 8.90. The molecule has 0 bridgehead atoms. The van der Waals surface area contributed by atoms with Crippen LogP contribution in [0.2, 0.25) is 0 Å². The molecular weight excluding hydrogens is 246 g/mol. The van der Waals surface area contributed by atoms with E-state index in [1.54, 1.807) is 0 Å².